The molecule has 0 aromatic heterocycles. The molecule has 1 rings (SSSR count). The maximum atomic E-state index is 9.38. The second-order valence-electron chi connectivity index (χ2n) is 3.38. The van der Waals surface area contributed by atoms with E-state index >= 15 is 0 Å². The third kappa shape index (κ3) is 3.67. The summed E-state index contributed by atoms with van der Waals surface area (Å²) < 4.78 is 0. The minimum Gasteiger partial charge on any atom is -0.508 e. The van der Waals surface area contributed by atoms with Crippen LogP contribution in [0, 0.1) is 29.6 Å². The predicted molar refractivity (Wildman–Crippen MR) is 59.3 cm³/mol. The molecule has 2 heteroatoms. The summed E-state index contributed by atoms with van der Waals surface area (Å²) in [6.07, 6.45) is 0. The van der Waals surface area contributed by atoms with Crippen molar-refractivity contribution < 1.29 is 10.2 Å². The zero-order valence-corrected chi connectivity index (χ0v) is 8.70. The SMILES string of the molecule is CC(C)C#CC#Cc1cc(O)ccc1O. The van der Waals surface area contributed by atoms with Crippen molar-refractivity contribution in [3.8, 4) is 35.2 Å². The molecular formula is C13H12O2. The number of rotatable bonds is 0. The summed E-state index contributed by atoms with van der Waals surface area (Å²) in [5.74, 6) is 11.3. The normalized spacial score (nSPS) is 8.73. The molecule has 1 aromatic carbocycles. The van der Waals surface area contributed by atoms with E-state index in [9.17, 15) is 5.11 Å². The van der Waals surface area contributed by atoms with Gasteiger partial charge in [0.25, 0.3) is 0 Å². The van der Waals surface area contributed by atoms with Crippen LogP contribution in [0.2, 0.25) is 0 Å². The maximum Gasteiger partial charge on any atom is 0.131 e. The molecule has 0 unspecified atom stereocenters. The lowest BCUT2D eigenvalue weighted by atomic mass is 10.2. The van der Waals surface area contributed by atoms with Gasteiger partial charge in [-0.3, -0.25) is 0 Å². The van der Waals surface area contributed by atoms with Crippen LogP contribution in [0.5, 0.6) is 11.5 Å². The minimum absolute atomic E-state index is 0.0478. The molecule has 2 nitrogen and oxygen atoms in total. The molecule has 1 aromatic rings. The fraction of sp³-hybridized carbons (Fsp3) is 0.231. The zero-order valence-electron chi connectivity index (χ0n) is 8.70. The fourth-order valence-corrected chi connectivity index (χ4v) is 0.903. The summed E-state index contributed by atoms with van der Waals surface area (Å²) in [4.78, 5) is 0. The lowest BCUT2D eigenvalue weighted by Crippen LogP contribution is -1.77. The Morgan fingerprint density at radius 1 is 1.13 bits per heavy atom. The third-order valence-electron chi connectivity index (χ3n) is 1.60. The molecule has 2 N–H and O–H groups in total. The second-order valence-corrected chi connectivity index (χ2v) is 3.38. The van der Waals surface area contributed by atoms with Crippen molar-refractivity contribution in [3.63, 3.8) is 0 Å². The van der Waals surface area contributed by atoms with Crippen molar-refractivity contribution >= 4 is 0 Å². The Bertz CT molecular complexity index is 465. The predicted octanol–water partition coefficient (Wildman–Crippen LogP) is 2.11. The molecule has 0 spiro atoms. The smallest absolute Gasteiger partial charge is 0.131 e. The average Bonchev–Trinajstić information content (AvgIpc) is 2.17. The van der Waals surface area contributed by atoms with Crippen LogP contribution >= 0.6 is 0 Å². The summed E-state index contributed by atoms with van der Waals surface area (Å²) >= 11 is 0. The molecule has 0 fully saturated rings. The summed E-state index contributed by atoms with van der Waals surface area (Å²) in [6.45, 7) is 3.95. The average molecular weight is 200 g/mol. The Morgan fingerprint density at radius 3 is 2.53 bits per heavy atom. The highest BCUT2D eigenvalue weighted by Crippen LogP contribution is 2.20. The van der Waals surface area contributed by atoms with Crippen LogP contribution in [0.3, 0.4) is 0 Å². The molecular weight excluding hydrogens is 188 g/mol. The van der Waals surface area contributed by atoms with Crippen LogP contribution in [0.25, 0.3) is 0 Å². The van der Waals surface area contributed by atoms with Gasteiger partial charge in [0.2, 0.25) is 0 Å². The molecule has 0 atom stereocenters. The van der Waals surface area contributed by atoms with Crippen molar-refractivity contribution in [2.24, 2.45) is 5.92 Å². The summed E-state index contributed by atoms with van der Waals surface area (Å²) in [6, 6.07) is 4.20. The monoisotopic (exact) mass is 200 g/mol. The van der Waals surface area contributed by atoms with Crippen LogP contribution < -0.4 is 0 Å². The van der Waals surface area contributed by atoms with Gasteiger partial charge in [-0.25, -0.2) is 0 Å². The van der Waals surface area contributed by atoms with Crippen molar-refractivity contribution in [2.75, 3.05) is 0 Å². The van der Waals surface area contributed by atoms with E-state index in [4.69, 9.17) is 5.11 Å². The van der Waals surface area contributed by atoms with E-state index in [1.165, 1.54) is 18.2 Å². The number of phenolic OH excluding ortho intramolecular Hbond substituents is 2. The van der Waals surface area contributed by atoms with E-state index in [1.54, 1.807) is 0 Å². The van der Waals surface area contributed by atoms with E-state index < -0.39 is 0 Å². The molecule has 0 radical (unpaired) electrons. The van der Waals surface area contributed by atoms with E-state index in [0.717, 1.165) is 0 Å². The van der Waals surface area contributed by atoms with Gasteiger partial charge in [0.05, 0.1) is 5.56 Å². The highest BCUT2D eigenvalue weighted by molar-refractivity contribution is 5.50. The van der Waals surface area contributed by atoms with E-state index in [0.29, 0.717) is 5.56 Å². The first-order valence-electron chi connectivity index (χ1n) is 4.63. The van der Waals surface area contributed by atoms with E-state index in [-0.39, 0.29) is 17.4 Å². The van der Waals surface area contributed by atoms with Gasteiger partial charge in [-0.05, 0) is 36.0 Å². The highest BCUT2D eigenvalue weighted by Gasteiger charge is 1.97. The quantitative estimate of drug-likeness (QED) is 0.497. The number of phenols is 2. The van der Waals surface area contributed by atoms with Gasteiger partial charge in [0, 0.05) is 5.92 Å². The van der Waals surface area contributed by atoms with Crippen LogP contribution in [0.15, 0.2) is 18.2 Å². The Hall–Kier alpha value is -2.06. The zero-order chi connectivity index (χ0) is 11.3. The van der Waals surface area contributed by atoms with Gasteiger partial charge < -0.3 is 10.2 Å². The molecule has 0 amide bonds. The summed E-state index contributed by atoms with van der Waals surface area (Å²) in [5, 5.41) is 18.5. The summed E-state index contributed by atoms with van der Waals surface area (Å²) in [7, 11) is 0. The van der Waals surface area contributed by atoms with Crippen molar-refractivity contribution in [3.05, 3.63) is 23.8 Å². The Labute approximate surface area is 89.6 Å². The summed E-state index contributed by atoms with van der Waals surface area (Å²) in [5.41, 5.74) is 0.382. The molecule has 0 heterocycles. The molecule has 0 aliphatic carbocycles. The third-order valence-corrected chi connectivity index (χ3v) is 1.60. The molecule has 0 aliphatic heterocycles. The first-order valence-corrected chi connectivity index (χ1v) is 4.63. The van der Waals surface area contributed by atoms with Crippen LogP contribution in [0.4, 0.5) is 0 Å². The molecule has 0 saturated carbocycles. The van der Waals surface area contributed by atoms with Crippen LogP contribution in [0.1, 0.15) is 19.4 Å². The largest absolute Gasteiger partial charge is 0.508 e. The van der Waals surface area contributed by atoms with Gasteiger partial charge in [-0.1, -0.05) is 19.8 Å². The maximum absolute atomic E-state index is 9.38. The first kappa shape index (κ1) is 11.0. The number of benzene rings is 1. The van der Waals surface area contributed by atoms with Gasteiger partial charge >= 0.3 is 0 Å². The Morgan fingerprint density at radius 2 is 1.87 bits per heavy atom. The highest BCUT2D eigenvalue weighted by atomic mass is 16.3. The van der Waals surface area contributed by atoms with Gasteiger partial charge in [0.15, 0.2) is 0 Å². The van der Waals surface area contributed by atoms with Crippen molar-refractivity contribution in [1.82, 2.24) is 0 Å². The Kier molecular flexibility index (Phi) is 3.66. The lowest BCUT2D eigenvalue weighted by Gasteiger charge is -1.96. The van der Waals surface area contributed by atoms with Crippen molar-refractivity contribution in [1.29, 1.82) is 0 Å². The molecule has 0 bridgehead atoms. The van der Waals surface area contributed by atoms with Gasteiger partial charge in [-0.2, -0.15) is 0 Å². The standard InChI is InChI=1S/C13H12O2/c1-10(2)5-3-4-6-11-9-12(14)7-8-13(11)15/h7-10,14-15H,1-2H3. The van der Waals surface area contributed by atoms with Crippen LogP contribution in [-0.4, -0.2) is 10.2 Å². The van der Waals surface area contributed by atoms with E-state index in [2.05, 4.69) is 23.7 Å². The molecule has 76 valence electrons. The lowest BCUT2D eigenvalue weighted by molar-refractivity contribution is 0.459. The minimum atomic E-state index is 0.0478. The van der Waals surface area contributed by atoms with E-state index in [1.807, 2.05) is 13.8 Å². The second kappa shape index (κ2) is 4.98. The van der Waals surface area contributed by atoms with Crippen LogP contribution in [-0.2, 0) is 0 Å². The number of aromatic hydroxyl groups is 2. The number of hydrogen-bond donors (Lipinski definition) is 2. The number of hydrogen-bond acceptors (Lipinski definition) is 2. The molecule has 0 aliphatic rings. The van der Waals surface area contributed by atoms with Gasteiger partial charge in [0.1, 0.15) is 11.5 Å². The fourth-order valence-electron chi connectivity index (χ4n) is 0.903. The molecule has 0 saturated heterocycles. The molecule has 15 heavy (non-hydrogen) atoms. The topological polar surface area (TPSA) is 40.5 Å². The Balaban J connectivity index is 2.90. The van der Waals surface area contributed by atoms with Gasteiger partial charge in [-0.15, -0.1) is 0 Å². The first-order chi connectivity index (χ1) is 7.09. The van der Waals surface area contributed by atoms with Crippen molar-refractivity contribution in [2.45, 2.75) is 13.8 Å².